The molecule has 0 N–H and O–H groups in total. The summed E-state index contributed by atoms with van der Waals surface area (Å²) in [5, 5.41) is 4.00. The van der Waals surface area contributed by atoms with E-state index in [-0.39, 0.29) is 23.1 Å². The van der Waals surface area contributed by atoms with E-state index in [1.54, 1.807) is 0 Å². The lowest BCUT2D eigenvalue weighted by Crippen LogP contribution is -2.56. The van der Waals surface area contributed by atoms with Crippen LogP contribution >= 0.6 is 0 Å². The van der Waals surface area contributed by atoms with Crippen molar-refractivity contribution < 1.29 is 0 Å². The van der Waals surface area contributed by atoms with Crippen LogP contribution < -0.4 is 10.9 Å². The summed E-state index contributed by atoms with van der Waals surface area (Å²) in [5.74, 6) is 0. The topological polar surface area (TPSA) is 9.86 Å². The van der Waals surface area contributed by atoms with Crippen LogP contribution in [0.25, 0.3) is 83.0 Å². The van der Waals surface area contributed by atoms with Gasteiger partial charge in [-0.1, -0.05) is 184 Å². The highest BCUT2D eigenvalue weighted by molar-refractivity contribution is 6.90. The molecule has 0 fully saturated rings. The van der Waals surface area contributed by atoms with Crippen LogP contribution in [0.15, 0.2) is 146 Å². The molecule has 2 nitrogen and oxygen atoms in total. The first-order valence-corrected chi connectivity index (χ1v) is 21.4. The first-order chi connectivity index (χ1) is 28.2. The van der Waals surface area contributed by atoms with Crippen molar-refractivity contribution in [3.05, 3.63) is 162 Å². The lowest BCUT2D eigenvalue weighted by atomic mass is 9.45. The Bertz CT molecular complexity index is 3180. The van der Waals surface area contributed by atoms with Crippen LogP contribution in [0.1, 0.15) is 79.0 Å². The van der Waals surface area contributed by atoms with Crippen molar-refractivity contribution in [2.24, 2.45) is 0 Å². The molecular formula is C56H51BN2. The number of nitrogens with zero attached hydrogens (tertiary/aromatic N) is 2. The number of fused-ring (bicyclic) bond motifs is 7. The minimum absolute atomic E-state index is 0.0243. The van der Waals surface area contributed by atoms with Gasteiger partial charge in [0.25, 0.3) is 0 Å². The fraction of sp³-hybridized carbons (Fsp3) is 0.214. The van der Waals surface area contributed by atoms with Crippen LogP contribution in [-0.2, 0) is 16.2 Å². The molecule has 0 unspecified atom stereocenters. The number of rotatable bonds is 3. The van der Waals surface area contributed by atoms with Gasteiger partial charge in [-0.3, -0.25) is 0 Å². The maximum Gasteiger partial charge on any atom is 0.333 e. The average Bonchev–Trinajstić information content (AvgIpc) is 3.75. The number of benzene rings is 7. The molecule has 0 bridgehead atoms. The Hall–Kier alpha value is -6.06. The van der Waals surface area contributed by atoms with Gasteiger partial charge in [0.2, 0.25) is 0 Å². The first-order valence-electron chi connectivity index (χ1n) is 21.4. The van der Waals surface area contributed by atoms with E-state index in [0.717, 1.165) is 0 Å². The van der Waals surface area contributed by atoms with Gasteiger partial charge in [0, 0.05) is 44.2 Å². The summed E-state index contributed by atoms with van der Waals surface area (Å²) in [5.41, 5.74) is 22.2. The number of hydrogen-bond donors (Lipinski definition) is 0. The molecule has 0 atom stereocenters. The fourth-order valence-corrected chi connectivity index (χ4v) is 10.3. The van der Waals surface area contributed by atoms with Crippen LogP contribution in [0.2, 0.25) is 0 Å². The Morgan fingerprint density at radius 1 is 0.441 bits per heavy atom. The minimum Gasteiger partial charge on any atom is -0.375 e. The monoisotopic (exact) mass is 762 g/mol. The molecule has 0 amide bonds. The molecule has 11 rings (SSSR count). The third-order valence-corrected chi connectivity index (χ3v) is 13.3. The van der Waals surface area contributed by atoms with Gasteiger partial charge in [0.15, 0.2) is 0 Å². The average molecular weight is 763 g/mol. The van der Waals surface area contributed by atoms with Crippen molar-refractivity contribution >= 4 is 50.5 Å². The molecule has 2 aliphatic rings. The van der Waals surface area contributed by atoms with E-state index in [1.165, 1.54) is 111 Å². The van der Waals surface area contributed by atoms with Crippen molar-refractivity contribution in [1.82, 2.24) is 9.05 Å². The molecule has 0 aliphatic carbocycles. The molecule has 4 heterocycles. The van der Waals surface area contributed by atoms with E-state index in [2.05, 4.69) is 217 Å². The Balaban J connectivity index is 1.41. The SMILES string of the molecule is CC(C)(C)c1cc2c3c(c1)-n1c4ccc(C(C)(C)C)cc4c4cc(C(C)(C)C)cc(c41)B3n1c(-c3ccccc3)c(-c3ccccc3)c3c(-c4ccccc4)ccc-2c31. The highest BCUT2D eigenvalue weighted by atomic mass is 15.0. The molecule has 288 valence electrons. The molecule has 0 saturated heterocycles. The van der Waals surface area contributed by atoms with E-state index in [0.29, 0.717) is 0 Å². The normalized spacial score (nSPS) is 13.5. The molecule has 9 aromatic rings. The van der Waals surface area contributed by atoms with Crippen LogP contribution in [0.5, 0.6) is 0 Å². The highest BCUT2D eigenvalue weighted by Crippen LogP contribution is 2.51. The van der Waals surface area contributed by atoms with E-state index in [4.69, 9.17) is 0 Å². The quantitative estimate of drug-likeness (QED) is 0.159. The molecule has 0 saturated carbocycles. The third kappa shape index (κ3) is 5.19. The fourth-order valence-electron chi connectivity index (χ4n) is 10.3. The van der Waals surface area contributed by atoms with Crippen molar-refractivity contribution in [2.75, 3.05) is 0 Å². The van der Waals surface area contributed by atoms with Gasteiger partial charge in [-0.15, -0.1) is 0 Å². The minimum atomic E-state index is -0.0637. The Labute approximate surface area is 349 Å². The van der Waals surface area contributed by atoms with E-state index in [1.807, 2.05) is 0 Å². The van der Waals surface area contributed by atoms with Crippen LogP contribution in [0.3, 0.4) is 0 Å². The lowest BCUT2D eigenvalue weighted by Gasteiger charge is -2.37. The second kappa shape index (κ2) is 12.2. The summed E-state index contributed by atoms with van der Waals surface area (Å²) < 4.78 is 5.42. The Morgan fingerprint density at radius 2 is 1.00 bits per heavy atom. The predicted octanol–water partition coefficient (Wildman–Crippen LogP) is 13.6. The van der Waals surface area contributed by atoms with E-state index in [9.17, 15) is 0 Å². The van der Waals surface area contributed by atoms with Gasteiger partial charge in [0.05, 0.1) is 11.0 Å². The maximum atomic E-state index is 2.78. The first kappa shape index (κ1) is 36.1. The van der Waals surface area contributed by atoms with Gasteiger partial charge < -0.3 is 9.05 Å². The Morgan fingerprint density at radius 3 is 1.63 bits per heavy atom. The van der Waals surface area contributed by atoms with Crippen molar-refractivity contribution in [2.45, 2.75) is 78.6 Å². The number of aromatic nitrogens is 2. The molecule has 2 aliphatic heterocycles. The third-order valence-electron chi connectivity index (χ3n) is 13.3. The van der Waals surface area contributed by atoms with Crippen molar-refractivity contribution in [1.29, 1.82) is 0 Å². The zero-order chi connectivity index (χ0) is 40.7. The molecule has 0 radical (unpaired) electrons. The van der Waals surface area contributed by atoms with Gasteiger partial charge in [0.1, 0.15) is 0 Å². The summed E-state index contributed by atoms with van der Waals surface area (Å²) in [6.07, 6.45) is 0. The standard InChI is InChI=1S/C56H51BN2/c1-54(2,3)37-25-28-46-42(29-37)44-31-38(55(4,5)6)32-45-52(44)58(46)47-33-39(56(7,8)9)30-43-41-27-26-40(34-19-13-10-14-20-34)49-48(35-21-15-11-16-22-35)51(36-23-17-12-18-24-36)59(53(41)49)57(45)50(43)47/h10-33H,1-9H3. The van der Waals surface area contributed by atoms with Crippen LogP contribution in [-0.4, -0.2) is 15.9 Å². The smallest absolute Gasteiger partial charge is 0.333 e. The summed E-state index contributed by atoms with van der Waals surface area (Å²) in [6.45, 7) is 21.2. The van der Waals surface area contributed by atoms with E-state index < -0.39 is 0 Å². The van der Waals surface area contributed by atoms with Gasteiger partial charge in [-0.05, 0) is 95.9 Å². The Kier molecular flexibility index (Phi) is 7.48. The molecular weight excluding hydrogens is 711 g/mol. The second-order valence-electron chi connectivity index (χ2n) is 20.2. The molecule has 7 aromatic carbocycles. The summed E-state index contributed by atoms with van der Waals surface area (Å²) in [7, 11) is 0. The number of hydrogen-bond acceptors (Lipinski definition) is 0. The predicted molar refractivity (Wildman–Crippen MR) is 255 cm³/mol. The van der Waals surface area contributed by atoms with E-state index >= 15 is 0 Å². The van der Waals surface area contributed by atoms with Crippen molar-refractivity contribution in [3.8, 4) is 50.3 Å². The summed E-state index contributed by atoms with van der Waals surface area (Å²) in [6, 6.07) is 55.7. The maximum absolute atomic E-state index is 2.78. The van der Waals surface area contributed by atoms with Crippen LogP contribution in [0, 0.1) is 0 Å². The zero-order valence-electron chi connectivity index (χ0n) is 35.8. The summed E-state index contributed by atoms with van der Waals surface area (Å²) >= 11 is 0. The van der Waals surface area contributed by atoms with Gasteiger partial charge >= 0.3 is 6.85 Å². The van der Waals surface area contributed by atoms with Gasteiger partial charge in [-0.25, -0.2) is 0 Å². The molecule has 3 heteroatoms. The lowest BCUT2D eigenvalue weighted by molar-refractivity contribution is 0.590. The molecule has 59 heavy (non-hydrogen) atoms. The molecule has 0 spiro atoms. The zero-order valence-corrected chi connectivity index (χ0v) is 35.8. The van der Waals surface area contributed by atoms with Gasteiger partial charge in [-0.2, -0.15) is 0 Å². The van der Waals surface area contributed by atoms with Crippen molar-refractivity contribution in [3.63, 3.8) is 0 Å². The summed E-state index contributed by atoms with van der Waals surface area (Å²) in [4.78, 5) is 0. The largest absolute Gasteiger partial charge is 0.375 e. The van der Waals surface area contributed by atoms with Crippen LogP contribution in [0.4, 0.5) is 0 Å². The highest BCUT2D eigenvalue weighted by Gasteiger charge is 2.44. The molecule has 2 aromatic heterocycles. The second-order valence-corrected chi connectivity index (χ2v) is 20.2.